The van der Waals surface area contributed by atoms with Crippen LogP contribution in [-0.2, 0) is 17.6 Å². The number of carbonyl (C=O) groups is 2. The average Bonchev–Trinajstić information content (AvgIpc) is 3.05. The number of nitrogens with one attached hydrogen (secondary N) is 1. The number of aryl methyl sites for hydroxylation is 3. The van der Waals surface area contributed by atoms with Crippen molar-refractivity contribution >= 4 is 39.1 Å². The van der Waals surface area contributed by atoms with Crippen molar-refractivity contribution in [2.24, 2.45) is 5.73 Å². The van der Waals surface area contributed by atoms with Gasteiger partial charge in [0.05, 0.1) is 16.6 Å². The van der Waals surface area contributed by atoms with E-state index in [0.717, 1.165) is 41.0 Å². The molecule has 2 aromatic heterocycles. The highest BCUT2D eigenvalue weighted by Crippen LogP contribution is 2.27. The third kappa shape index (κ3) is 3.67. The standard InChI is InChI=1S/C21H24N4O3S/c1-5-13-8-7-9-14(6-2)16(13)24-19(27)12(4)25-10-23-20-15(21(25)28)11(3)17(29-20)18(22)26/h7-10,12H,5-6H2,1-4H3,(H2,22,26)(H,24,27). The van der Waals surface area contributed by atoms with Gasteiger partial charge < -0.3 is 11.1 Å². The highest BCUT2D eigenvalue weighted by atomic mass is 32.1. The highest BCUT2D eigenvalue weighted by molar-refractivity contribution is 7.20. The Morgan fingerprint density at radius 2 is 1.86 bits per heavy atom. The number of anilines is 1. The summed E-state index contributed by atoms with van der Waals surface area (Å²) in [6.45, 7) is 7.39. The molecule has 0 fully saturated rings. The van der Waals surface area contributed by atoms with Crippen LogP contribution in [0.5, 0.6) is 0 Å². The largest absolute Gasteiger partial charge is 0.365 e. The van der Waals surface area contributed by atoms with Crippen molar-refractivity contribution in [2.45, 2.75) is 46.6 Å². The van der Waals surface area contributed by atoms with Crippen molar-refractivity contribution in [2.75, 3.05) is 5.32 Å². The average molecular weight is 413 g/mol. The Labute approximate surface area is 172 Å². The van der Waals surface area contributed by atoms with Crippen LogP contribution in [-0.4, -0.2) is 21.4 Å². The molecule has 3 aromatic rings. The van der Waals surface area contributed by atoms with E-state index in [2.05, 4.69) is 10.3 Å². The van der Waals surface area contributed by atoms with Gasteiger partial charge in [-0.1, -0.05) is 32.0 Å². The van der Waals surface area contributed by atoms with Gasteiger partial charge in [-0.15, -0.1) is 11.3 Å². The molecule has 1 unspecified atom stereocenters. The minimum Gasteiger partial charge on any atom is -0.365 e. The van der Waals surface area contributed by atoms with Crippen molar-refractivity contribution in [3.05, 3.63) is 56.4 Å². The number of thiophene rings is 1. The molecular weight excluding hydrogens is 388 g/mol. The van der Waals surface area contributed by atoms with Crippen LogP contribution in [0.1, 0.15) is 53.2 Å². The first-order chi connectivity index (χ1) is 13.8. The van der Waals surface area contributed by atoms with Crippen molar-refractivity contribution in [3.63, 3.8) is 0 Å². The fourth-order valence-electron chi connectivity index (χ4n) is 3.41. The number of para-hydroxylation sites is 1. The third-order valence-corrected chi connectivity index (χ3v) is 6.36. The SMILES string of the molecule is CCc1cccc(CC)c1NC(=O)C(C)n1cnc2sc(C(N)=O)c(C)c2c1=O. The molecule has 0 spiro atoms. The Kier molecular flexibility index (Phi) is 5.83. The number of aromatic nitrogens is 2. The first kappa shape index (κ1) is 20.7. The van der Waals surface area contributed by atoms with E-state index in [9.17, 15) is 14.4 Å². The molecule has 0 aliphatic carbocycles. The summed E-state index contributed by atoms with van der Waals surface area (Å²) < 4.78 is 1.29. The van der Waals surface area contributed by atoms with Gasteiger partial charge in [-0.25, -0.2) is 4.98 Å². The number of hydrogen-bond acceptors (Lipinski definition) is 5. The van der Waals surface area contributed by atoms with E-state index in [-0.39, 0.29) is 11.5 Å². The number of hydrogen-bond donors (Lipinski definition) is 2. The van der Waals surface area contributed by atoms with Gasteiger partial charge in [-0.2, -0.15) is 0 Å². The lowest BCUT2D eigenvalue weighted by Gasteiger charge is -2.18. The predicted octanol–water partition coefficient (Wildman–Crippen LogP) is 3.19. The summed E-state index contributed by atoms with van der Waals surface area (Å²) in [6.07, 6.45) is 2.92. The van der Waals surface area contributed by atoms with Gasteiger partial charge in [0, 0.05) is 5.69 Å². The van der Waals surface area contributed by atoms with Crippen molar-refractivity contribution in [1.29, 1.82) is 0 Å². The number of rotatable bonds is 6. The molecule has 0 radical (unpaired) electrons. The van der Waals surface area contributed by atoms with E-state index in [4.69, 9.17) is 5.73 Å². The van der Waals surface area contributed by atoms with E-state index in [1.807, 2.05) is 32.0 Å². The minimum atomic E-state index is -0.773. The van der Waals surface area contributed by atoms with Crippen LogP contribution in [0.4, 0.5) is 5.69 Å². The van der Waals surface area contributed by atoms with Gasteiger partial charge >= 0.3 is 0 Å². The predicted molar refractivity (Wildman–Crippen MR) is 116 cm³/mol. The Hall–Kier alpha value is -3.00. The van der Waals surface area contributed by atoms with Crippen LogP contribution >= 0.6 is 11.3 Å². The number of amides is 2. The number of nitrogens with zero attached hydrogens (tertiary/aromatic N) is 2. The number of benzene rings is 1. The van der Waals surface area contributed by atoms with Gasteiger partial charge in [0.2, 0.25) is 5.91 Å². The molecule has 3 rings (SSSR count). The zero-order valence-corrected chi connectivity index (χ0v) is 17.7. The summed E-state index contributed by atoms with van der Waals surface area (Å²) in [5.41, 5.74) is 8.42. The van der Waals surface area contributed by atoms with E-state index in [1.165, 1.54) is 10.9 Å². The number of fused-ring (bicyclic) bond motifs is 1. The second-order valence-corrected chi connectivity index (χ2v) is 7.88. The van der Waals surface area contributed by atoms with Crippen molar-refractivity contribution < 1.29 is 9.59 Å². The number of carbonyl (C=O) groups excluding carboxylic acids is 2. The van der Waals surface area contributed by atoms with Gasteiger partial charge in [0.1, 0.15) is 10.9 Å². The molecule has 1 aromatic carbocycles. The molecular formula is C21H24N4O3S. The third-order valence-electron chi connectivity index (χ3n) is 5.14. The summed E-state index contributed by atoms with van der Waals surface area (Å²) >= 11 is 1.09. The lowest BCUT2D eigenvalue weighted by Crippen LogP contribution is -2.32. The Morgan fingerprint density at radius 1 is 1.24 bits per heavy atom. The molecule has 152 valence electrons. The molecule has 3 N–H and O–H groups in total. The van der Waals surface area contributed by atoms with Gasteiger partial charge in [0.15, 0.2) is 0 Å². The van der Waals surface area contributed by atoms with Crippen molar-refractivity contribution in [3.8, 4) is 0 Å². The molecule has 2 amide bonds. The summed E-state index contributed by atoms with van der Waals surface area (Å²) in [7, 11) is 0. The summed E-state index contributed by atoms with van der Waals surface area (Å²) in [5.74, 6) is -0.891. The first-order valence-electron chi connectivity index (χ1n) is 9.51. The molecule has 29 heavy (non-hydrogen) atoms. The smallest absolute Gasteiger partial charge is 0.263 e. The first-order valence-corrected chi connectivity index (χ1v) is 10.3. The van der Waals surface area contributed by atoms with Crippen LogP contribution in [0.25, 0.3) is 10.2 Å². The zero-order chi connectivity index (χ0) is 21.3. The zero-order valence-electron chi connectivity index (χ0n) is 16.9. The van der Waals surface area contributed by atoms with Crippen LogP contribution in [0.3, 0.4) is 0 Å². The molecule has 0 bridgehead atoms. The maximum absolute atomic E-state index is 13.0. The maximum Gasteiger partial charge on any atom is 0.263 e. The molecule has 2 heterocycles. The summed E-state index contributed by atoms with van der Waals surface area (Å²) in [6, 6.07) is 5.18. The van der Waals surface area contributed by atoms with Crippen LogP contribution in [0.15, 0.2) is 29.3 Å². The quantitative estimate of drug-likeness (QED) is 0.648. The van der Waals surface area contributed by atoms with E-state index in [0.29, 0.717) is 20.7 Å². The van der Waals surface area contributed by atoms with E-state index >= 15 is 0 Å². The molecule has 0 saturated heterocycles. The van der Waals surface area contributed by atoms with E-state index in [1.54, 1.807) is 13.8 Å². The Morgan fingerprint density at radius 3 is 2.41 bits per heavy atom. The maximum atomic E-state index is 13.0. The summed E-state index contributed by atoms with van der Waals surface area (Å²) in [5, 5.41) is 3.32. The fraction of sp³-hybridized carbons (Fsp3) is 0.333. The fourth-order valence-corrected chi connectivity index (χ4v) is 4.40. The van der Waals surface area contributed by atoms with Gasteiger partial charge in [-0.3, -0.25) is 19.0 Å². The molecule has 1 atom stereocenters. The van der Waals surface area contributed by atoms with Gasteiger partial charge in [-0.05, 0) is 43.4 Å². The monoisotopic (exact) mass is 412 g/mol. The molecule has 0 aliphatic rings. The Bertz CT molecular complexity index is 1140. The topological polar surface area (TPSA) is 107 Å². The molecule has 8 heteroatoms. The second kappa shape index (κ2) is 8.16. The second-order valence-electron chi connectivity index (χ2n) is 6.88. The van der Waals surface area contributed by atoms with Gasteiger partial charge in [0.25, 0.3) is 11.5 Å². The van der Waals surface area contributed by atoms with Crippen molar-refractivity contribution in [1.82, 2.24) is 9.55 Å². The number of primary amides is 1. The highest BCUT2D eigenvalue weighted by Gasteiger charge is 2.23. The molecule has 0 aliphatic heterocycles. The lowest BCUT2D eigenvalue weighted by atomic mass is 10.0. The molecule has 0 saturated carbocycles. The lowest BCUT2D eigenvalue weighted by molar-refractivity contribution is -0.118. The van der Waals surface area contributed by atoms with Crippen LogP contribution in [0, 0.1) is 6.92 Å². The Balaban J connectivity index is 2.00. The minimum absolute atomic E-state index is 0.299. The van der Waals surface area contributed by atoms with E-state index < -0.39 is 11.9 Å². The number of nitrogens with two attached hydrogens (primary N) is 1. The van der Waals surface area contributed by atoms with Crippen LogP contribution < -0.4 is 16.6 Å². The normalized spacial score (nSPS) is 12.1. The van der Waals surface area contributed by atoms with Crippen LogP contribution in [0.2, 0.25) is 0 Å². The molecule has 7 nitrogen and oxygen atoms in total. The summed E-state index contributed by atoms with van der Waals surface area (Å²) in [4.78, 5) is 42.6.